The zero-order valence-electron chi connectivity index (χ0n) is 14.8. The Balaban J connectivity index is 1.81. The fourth-order valence-corrected chi connectivity index (χ4v) is 3.04. The monoisotopic (exact) mass is 499 g/mol. The van der Waals surface area contributed by atoms with Crippen molar-refractivity contribution in [2.75, 3.05) is 19.8 Å². The van der Waals surface area contributed by atoms with Gasteiger partial charge in [0.15, 0.2) is 5.75 Å². The van der Waals surface area contributed by atoms with Crippen LogP contribution in [-0.2, 0) is 0 Å². The first kappa shape index (κ1) is 23.9. The second kappa shape index (κ2) is 11.7. The summed E-state index contributed by atoms with van der Waals surface area (Å²) in [4.78, 5) is 12.0. The fraction of sp³-hybridized carbons (Fsp3) is 0.211. The Morgan fingerprint density at radius 3 is 2.38 bits per heavy atom. The lowest BCUT2D eigenvalue weighted by Crippen LogP contribution is -2.26. The van der Waals surface area contributed by atoms with Crippen molar-refractivity contribution >= 4 is 63.9 Å². The number of rotatable bonds is 9. The van der Waals surface area contributed by atoms with Gasteiger partial charge in [-0.3, -0.25) is 4.79 Å². The molecule has 10 heteroatoms. The Bertz CT molecular complexity index is 880. The smallest absolute Gasteiger partial charge is 0.254 e. The van der Waals surface area contributed by atoms with E-state index in [1.807, 2.05) is 0 Å². The average molecular weight is 502 g/mol. The molecule has 0 unspecified atom stereocenters. The largest absolute Gasteiger partial charge is 0.490 e. The molecule has 0 spiro atoms. The maximum absolute atomic E-state index is 13.7. The quantitative estimate of drug-likeness (QED) is 0.390. The van der Waals surface area contributed by atoms with Gasteiger partial charge in [-0.25, -0.2) is 4.39 Å². The molecule has 0 aliphatic carbocycles. The topological polar surface area (TPSA) is 47.6 Å². The highest BCUT2D eigenvalue weighted by Crippen LogP contribution is 2.37. The van der Waals surface area contributed by atoms with Crippen LogP contribution < -0.4 is 14.8 Å². The molecular formula is C19H15Cl5FNO3. The third-order valence-corrected chi connectivity index (χ3v) is 4.59. The molecule has 1 N–H and O–H groups in total. The predicted molar refractivity (Wildman–Crippen MR) is 116 cm³/mol. The molecule has 0 atom stereocenters. The average Bonchev–Trinajstić information content (AvgIpc) is 2.62. The Morgan fingerprint density at radius 1 is 1.07 bits per heavy atom. The van der Waals surface area contributed by atoms with Crippen molar-refractivity contribution in [1.82, 2.24) is 5.32 Å². The Hall–Kier alpha value is -1.37. The molecule has 2 aromatic carbocycles. The zero-order valence-corrected chi connectivity index (χ0v) is 18.6. The normalized spacial score (nSPS) is 10.4. The third-order valence-electron chi connectivity index (χ3n) is 3.49. The molecule has 0 saturated heterocycles. The van der Waals surface area contributed by atoms with Gasteiger partial charge >= 0.3 is 0 Å². The van der Waals surface area contributed by atoms with Gasteiger partial charge in [0.05, 0.1) is 22.2 Å². The van der Waals surface area contributed by atoms with Crippen LogP contribution in [-0.4, -0.2) is 25.7 Å². The second-order valence-electron chi connectivity index (χ2n) is 5.60. The number of carbonyl (C=O) groups excluding carboxylic acids is 1. The SMILES string of the molecule is O=C(NCCCOc1c(Cl)cc(OCC=C(Cl)Cl)cc1Cl)c1ccc(Cl)cc1F. The zero-order chi connectivity index (χ0) is 21.4. The lowest BCUT2D eigenvalue weighted by atomic mass is 10.2. The molecule has 0 saturated carbocycles. The molecule has 2 aromatic rings. The van der Waals surface area contributed by atoms with E-state index in [1.165, 1.54) is 18.2 Å². The first-order valence-electron chi connectivity index (χ1n) is 8.27. The Kier molecular flexibility index (Phi) is 9.66. The van der Waals surface area contributed by atoms with Crippen molar-refractivity contribution in [2.24, 2.45) is 0 Å². The van der Waals surface area contributed by atoms with Crippen molar-refractivity contribution in [3.63, 3.8) is 0 Å². The van der Waals surface area contributed by atoms with Gasteiger partial charge in [-0.2, -0.15) is 0 Å². The van der Waals surface area contributed by atoms with Crippen molar-refractivity contribution < 1.29 is 18.7 Å². The maximum atomic E-state index is 13.7. The molecule has 0 heterocycles. The summed E-state index contributed by atoms with van der Waals surface area (Å²) in [5, 5.41) is 3.35. The number of hydrogen-bond acceptors (Lipinski definition) is 3. The van der Waals surface area contributed by atoms with Crippen LogP contribution in [0.4, 0.5) is 4.39 Å². The molecule has 0 aliphatic rings. The van der Waals surface area contributed by atoms with Gasteiger partial charge < -0.3 is 14.8 Å². The fourth-order valence-electron chi connectivity index (χ4n) is 2.18. The molecule has 4 nitrogen and oxygen atoms in total. The minimum Gasteiger partial charge on any atom is -0.490 e. The van der Waals surface area contributed by atoms with Gasteiger partial charge in [-0.1, -0.05) is 58.0 Å². The predicted octanol–water partition coefficient (Wildman–Crippen LogP) is 6.68. The van der Waals surface area contributed by atoms with Gasteiger partial charge in [0.1, 0.15) is 22.7 Å². The highest BCUT2D eigenvalue weighted by Gasteiger charge is 2.13. The lowest BCUT2D eigenvalue weighted by Gasteiger charge is -2.12. The number of benzene rings is 2. The minimum absolute atomic E-state index is 0.0812. The van der Waals surface area contributed by atoms with E-state index >= 15 is 0 Å². The van der Waals surface area contributed by atoms with Gasteiger partial charge in [-0.05, 0) is 30.7 Å². The standard InChI is InChI=1S/C19H15Cl5FNO3/c20-11-2-3-13(16(25)8-11)19(27)26-5-1-6-29-18-14(21)9-12(10-15(18)22)28-7-4-17(23)24/h2-4,8-10H,1,5-7H2,(H,26,27). The molecule has 0 aliphatic heterocycles. The molecular weight excluding hydrogens is 486 g/mol. The van der Waals surface area contributed by atoms with Crippen LogP contribution >= 0.6 is 58.0 Å². The van der Waals surface area contributed by atoms with Crippen molar-refractivity contribution in [1.29, 1.82) is 0 Å². The van der Waals surface area contributed by atoms with E-state index in [0.717, 1.165) is 6.07 Å². The van der Waals surface area contributed by atoms with Crippen LogP contribution in [0.2, 0.25) is 15.1 Å². The summed E-state index contributed by atoms with van der Waals surface area (Å²) in [7, 11) is 0. The molecule has 2 rings (SSSR count). The number of amides is 1. The minimum atomic E-state index is -0.684. The van der Waals surface area contributed by atoms with E-state index in [9.17, 15) is 9.18 Å². The van der Waals surface area contributed by atoms with Gasteiger partial charge in [0, 0.05) is 23.7 Å². The first-order chi connectivity index (χ1) is 13.8. The summed E-state index contributed by atoms with van der Waals surface area (Å²) < 4.78 is 24.8. The number of halogens is 6. The molecule has 29 heavy (non-hydrogen) atoms. The molecule has 156 valence electrons. The van der Waals surface area contributed by atoms with E-state index in [4.69, 9.17) is 67.5 Å². The number of nitrogens with one attached hydrogen (secondary N) is 1. The summed E-state index contributed by atoms with van der Waals surface area (Å²) in [6, 6.07) is 6.94. The second-order valence-corrected chi connectivity index (χ2v) is 7.86. The van der Waals surface area contributed by atoms with Crippen molar-refractivity contribution in [2.45, 2.75) is 6.42 Å². The van der Waals surface area contributed by atoms with Crippen LogP contribution in [0.5, 0.6) is 11.5 Å². The van der Waals surface area contributed by atoms with E-state index in [2.05, 4.69) is 5.32 Å². The van der Waals surface area contributed by atoms with E-state index in [-0.39, 0.29) is 44.9 Å². The van der Waals surface area contributed by atoms with Crippen LogP contribution in [0, 0.1) is 5.82 Å². The highest BCUT2D eigenvalue weighted by atomic mass is 35.5. The van der Waals surface area contributed by atoms with Crippen LogP contribution in [0.3, 0.4) is 0 Å². The summed E-state index contributed by atoms with van der Waals surface area (Å²) in [6.45, 7) is 0.652. The summed E-state index contributed by atoms with van der Waals surface area (Å²) >= 11 is 29.0. The number of ether oxygens (including phenoxy) is 2. The Labute approximate surface area is 192 Å². The van der Waals surface area contributed by atoms with Crippen molar-refractivity contribution in [3.05, 3.63) is 67.3 Å². The highest BCUT2D eigenvalue weighted by molar-refractivity contribution is 6.55. The lowest BCUT2D eigenvalue weighted by molar-refractivity contribution is 0.0947. The van der Waals surface area contributed by atoms with Gasteiger partial charge in [-0.15, -0.1) is 0 Å². The van der Waals surface area contributed by atoms with Crippen LogP contribution in [0.15, 0.2) is 40.9 Å². The van der Waals surface area contributed by atoms with Crippen LogP contribution in [0.1, 0.15) is 16.8 Å². The summed E-state index contributed by atoms with van der Waals surface area (Å²) in [6.07, 6.45) is 1.92. The van der Waals surface area contributed by atoms with Crippen molar-refractivity contribution in [3.8, 4) is 11.5 Å². The molecule has 0 radical (unpaired) electrons. The summed E-state index contributed by atoms with van der Waals surface area (Å²) in [5.41, 5.74) is -0.0812. The Morgan fingerprint density at radius 2 is 1.76 bits per heavy atom. The number of carbonyl (C=O) groups is 1. The van der Waals surface area contributed by atoms with Crippen LogP contribution in [0.25, 0.3) is 0 Å². The number of hydrogen-bond donors (Lipinski definition) is 1. The molecule has 1 amide bonds. The summed E-state index contributed by atoms with van der Waals surface area (Å²) in [5.74, 6) is -0.504. The first-order valence-corrected chi connectivity index (χ1v) is 10.2. The van der Waals surface area contributed by atoms with Gasteiger partial charge in [0.2, 0.25) is 0 Å². The maximum Gasteiger partial charge on any atom is 0.254 e. The van der Waals surface area contributed by atoms with Gasteiger partial charge in [0.25, 0.3) is 5.91 Å². The molecule has 0 fully saturated rings. The molecule has 0 bridgehead atoms. The van der Waals surface area contributed by atoms with E-state index in [1.54, 1.807) is 12.1 Å². The third kappa shape index (κ3) is 7.76. The van der Waals surface area contributed by atoms with E-state index < -0.39 is 11.7 Å². The van der Waals surface area contributed by atoms with E-state index in [0.29, 0.717) is 17.9 Å². The molecule has 0 aromatic heterocycles.